The van der Waals surface area contributed by atoms with Crippen LogP contribution in [0.4, 0.5) is 21.9 Å². The van der Waals surface area contributed by atoms with Gasteiger partial charge < -0.3 is 20.1 Å². The number of hydrogen-bond donors (Lipinski definition) is 1. The van der Waals surface area contributed by atoms with E-state index in [4.69, 9.17) is 11.6 Å². The molecule has 0 atom stereocenters. The van der Waals surface area contributed by atoms with Crippen LogP contribution in [0, 0.1) is 0 Å². The van der Waals surface area contributed by atoms with Gasteiger partial charge in [0.25, 0.3) is 0 Å². The van der Waals surface area contributed by atoms with Crippen molar-refractivity contribution in [1.82, 2.24) is 0 Å². The summed E-state index contributed by atoms with van der Waals surface area (Å²) in [7, 11) is 0. The Morgan fingerprint density at radius 1 is 0.962 bits per heavy atom. The summed E-state index contributed by atoms with van der Waals surface area (Å²) in [5.41, 5.74) is 5.66. The predicted octanol–water partition coefficient (Wildman–Crippen LogP) is 4.46. The Kier molecular flexibility index (Phi) is 4.27. The van der Waals surface area contributed by atoms with Gasteiger partial charge in [-0.25, -0.2) is 0 Å². The molecule has 0 aromatic heterocycles. The maximum Gasteiger partial charge on any atom is 0.138 e. The third kappa shape index (κ3) is 3.00. The fraction of sp³-hybridized carbons (Fsp3) is 0.0952. The van der Waals surface area contributed by atoms with Gasteiger partial charge >= 0.3 is 0 Å². The van der Waals surface area contributed by atoms with Crippen LogP contribution in [0.25, 0.3) is 11.1 Å². The summed E-state index contributed by atoms with van der Waals surface area (Å²) in [6.45, 7) is 0.850. The molecule has 1 amide bonds. The first-order valence-corrected chi connectivity index (χ1v) is 8.73. The van der Waals surface area contributed by atoms with Crippen molar-refractivity contribution >= 4 is 34.8 Å². The van der Waals surface area contributed by atoms with E-state index in [0.29, 0.717) is 5.69 Å². The number of halogens is 1. The minimum absolute atomic E-state index is 0.510. The number of hydrogen-bond acceptors (Lipinski definition) is 3. The van der Waals surface area contributed by atoms with Crippen molar-refractivity contribution in [2.24, 2.45) is 0 Å². The molecule has 0 bridgehead atoms. The minimum atomic E-state index is -1.32. The molecule has 1 aliphatic rings. The van der Waals surface area contributed by atoms with E-state index in [-0.39, 0.29) is 0 Å². The molecule has 4 rings (SSSR count). The van der Waals surface area contributed by atoms with Crippen LogP contribution in [0.3, 0.4) is 0 Å². The summed E-state index contributed by atoms with van der Waals surface area (Å²) in [4.78, 5) is 13.3. The standard InChI is InChI=1S/C21H17ClN2O2/c22-15-9-10-19-14(13-15)11-12-24(19)20-8-4-2-6-17(20)16-5-1-3-7-18(16)23-21(25)26/h1-10,13,23H,11-12H2,(H,25,26)/p-1. The van der Waals surface area contributed by atoms with Crippen LogP contribution in [-0.2, 0) is 6.42 Å². The SMILES string of the molecule is O=C([O-])Nc1ccccc1-c1ccccc1N1CCc2cc(Cl)ccc21. The van der Waals surface area contributed by atoms with Crippen molar-refractivity contribution < 1.29 is 9.90 Å². The molecule has 1 N–H and O–H groups in total. The molecule has 1 heterocycles. The maximum atomic E-state index is 11.0. The molecule has 26 heavy (non-hydrogen) atoms. The molecule has 0 aliphatic carbocycles. The highest BCUT2D eigenvalue weighted by molar-refractivity contribution is 6.30. The number of fused-ring (bicyclic) bond motifs is 1. The summed E-state index contributed by atoms with van der Waals surface area (Å²) in [5, 5.41) is 14.2. The molecule has 3 aromatic rings. The number of benzene rings is 3. The first-order valence-electron chi connectivity index (χ1n) is 8.36. The number of rotatable bonds is 3. The van der Waals surface area contributed by atoms with Crippen LogP contribution >= 0.6 is 11.6 Å². The van der Waals surface area contributed by atoms with Crippen molar-refractivity contribution in [2.45, 2.75) is 6.42 Å². The monoisotopic (exact) mass is 363 g/mol. The topological polar surface area (TPSA) is 55.4 Å². The van der Waals surface area contributed by atoms with Crippen LogP contribution in [0.5, 0.6) is 0 Å². The van der Waals surface area contributed by atoms with Gasteiger partial charge in [0.15, 0.2) is 0 Å². The predicted molar refractivity (Wildman–Crippen MR) is 103 cm³/mol. The lowest BCUT2D eigenvalue weighted by Crippen LogP contribution is -2.29. The first-order chi connectivity index (χ1) is 12.6. The first kappa shape index (κ1) is 16.5. The molecule has 130 valence electrons. The summed E-state index contributed by atoms with van der Waals surface area (Å²) in [6, 6.07) is 21.3. The average Bonchev–Trinajstić information content (AvgIpc) is 3.04. The number of carbonyl (C=O) groups is 1. The van der Waals surface area contributed by atoms with Crippen molar-refractivity contribution in [1.29, 1.82) is 0 Å². The van der Waals surface area contributed by atoms with Gasteiger partial charge in [-0.3, -0.25) is 0 Å². The van der Waals surface area contributed by atoms with E-state index in [1.807, 2.05) is 48.5 Å². The number of para-hydroxylation sites is 2. The summed E-state index contributed by atoms with van der Waals surface area (Å²) in [6.07, 6.45) is -0.403. The molecule has 0 fully saturated rings. The lowest BCUT2D eigenvalue weighted by atomic mass is 10.0. The molecule has 0 saturated carbocycles. The smallest absolute Gasteiger partial charge is 0.138 e. The van der Waals surface area contributed by atoms with Crippen LogP contribution in [0.2, 0.25) is 5.02 Å². The zero-order valence-electron chi connectivity index (χ0n) is 13.9. The second kappa shape index (κ2) is 6.73. The number of anilines is 3. The number of carbonyl (C=O) groups excluding carboxylic acids is 1. The van der Waals surface area contributed by atoms with Crippen LogP contribution in [-0.4, -0.2) is 12.6 Å². The molecule has 1 aliphatic heterocycles. The molecule has 3 aromatic carbocycles. The number of carboxylic acid groups (broad SMARTS) is 1. The van der Waals surface area contributed by atoms with E-state index in [9.17, 15) is 9.90 Å². The molecule has 0 radical (unpaired) electrons. The Balaban J connectivity index is 1.82. The fourth-order valence-corrected chi connectivity index (χ4v) is 3.69. The van der Waals surface area contributed by atoms with Crippen LogP contribution in [0.1, 0.15) is 5.56 Å². The van der Waals surface area contributed by atoms with E-state index in [2.05, 4.69) is 16.3 Å². The van der Waals surface area contributed by atoms with Gasteiger partial charge in [-0.05, 0) is 42.3 Å². The van der Waals surface area contributed by atoms with Crippen molar-refractivity contribution in [3.63, 3.8) is 0 Å². The fourth-order valence-electron chi connectivity index (χ4n) is 3.49. The normalized spacial score (nSPS) is 12.7. The van der Waals surface area contributed by atoms with Gasteiger partial charge in [-0.1, -0.05) is 48.0 Å². The number of nitrogens with zero attached hydrogens (tertiary/aromatic N) is 1. The second-order valence-electron chi connectivity index (χ2n) is 6.15. The van der Waals surface area contributed by atoms with Crippen molar-refractivity contribution in [3.05, 3.63) is 77.3 Å². The number of amides is 1. The van der Waals surface area contributed by atoms with Crippen LogP contribution < -0.4 is 15.3 Å². The molecule has 0 spiro atoms. The Hall–Kier alpha value is -2.98. The second-order valence-corrected chi connectivity index (χ2v) is 6.59. The van der Waals surface area contributed by atoms with Gasteiger partial charge in [-0.2, -0.15) is 0 Å². The highest BCUT2D eigenvalue weighted by atomic mass is 35.5. The molecule has 0 saturated heterocycles. The van der Waals surface area contributed by atoms with E-state index in [1.54, 1.807) is 12.1 Å². The summed E-state index contributed by atoms with van der Waals surface area (Å²) < 4.78 is 0. The van der Waals surface area contributed by atoms with Gasteiger partial charge in [0, 0.05) is 39.8 Å². The van der Waals surface area contributed by atoms with Gasteiger partial charge in [0.05, 0.1) is 0 Å². The van der Waals surface area contributed by atoms with Gasteiger partial charge in [0.2, 0.25) is 0 Å². The molecule has 0 unspecified atom stereocenters. The van der Waals surface area contributed by atoms with E-state index in [1.165, 1.54) is 5.56 Å². The quantitative estimate of drug-likeness (QED) is 0.747. The third-order valence-corrected chi connectivity index (χ3v) is 4.82. The molecule has 5 heteroatoms. The van der Waals surface area contributed by atoms with Gasteiger partial charge in [0.1, 0.15) is 6.09 Å². The molecular formula is C21H16ClN2O2-. The average molecular weight is 364 g/mol. The number of nitrogens with one attached hydrogen (secondary N) is 1. The summed E-state index contributed by atoms with van der Waals surface area (Å²) in [5.74, 6) is 0. The zero-order chi connectivity index (χ0) is 18.1. The lowest BCUT2D eigenvalue weighted by Gasteiger charge is -2.24. The Bertz CT molecular complexity index is 987. The largest absolute Gasteiger partial charge is 0.530 e. The Labute approximate surface area is 156 Å². The molecule has 4 nitrogen and oxygen atoms in total. The Morgan fingerprint density at radius 2 is 1.69 bits per heavy atom. The summed E-state index contributed by atoms with van der Waals surface area (Å²) >= 11 is 6.13. The van der Waals surface area contributed by atoms with Gasteiger partial charge in [-0.15, -0.1) is 0 Å². The lowest BCUT2D eigenvalue weighted by molar-refractivity contribution is -0.242. The van der Waals surface area contributed by atoms with E-state index < -0.39 is 6.09 Å². The third-order valence-electron chi connectivity index (χ3n) is 4.59. The highest BCUT2D eigenvalue weighted by Crippen LogP contribution is 2.42. The minimum Gasteiger partial charge on any atom is -0.530 e. The Morgan fingerprint density at radius 3 is 2.50 bits per heavy atom. The van der Waals surface area contributed by atoms with Crippen LogP contribution in [0.15, 0.2) is 66.7 Å². The zero-order valence-corrected chi connectivity index (χ0v) is 14.7. The molecular weight excluding hydrogens is 348 g/mol. The maximum absolute atomic E-state index is 11.0. The highest BCUT2D eigenvalue weighted by Gasteiger charge is 2.23. The van der Waals surface area contributed by atoms with Crippen molar-refractivity contribution in [3.8, 4) is 11.1 Å². The van der Waals surface area contributed by atoms with E-state index in [0.717, 1.165) is 40.5 Å². The van der Waals surface area contributed by atoms with E-state index >= 15 is 0 Å². The van der Waals surface area contributed by atoms with Crippen molar-refractivity contribution in [2.75, 3.05) is 16.8 Å².